The van der Waals surface area contributed by atoms with Gasteiger partial charge < -0.3 is 4.74 Å². The number of hydrogen-bond donors (Lipinski definition) is 0. The monoisotopic (exact) mass is 699 g/mol. The molecular weight excluding hydrogens is 663 g/mol. The Labute approximate surface area is 314 Å². The maximum atomic E-state index is 6.47. The second-order valence-electron chi connectivity index (χ2n) is 14.8. The average molecular weight is 700 g/mol. The van der Waals surface area contributed by atoms with Crippen molar-refractivity contribution < 1.29 is 4.74 Å². The summed E-state index contributed by atoms with van der Waals surface area (Å²) in [4.78, 5) is 12.5. The molecule has 1 aliphatic heterocycles. The molecule has 2 unspecified atom stereocenters. The van der Waals surface area contributed by atoms with Crippen molar-refractivity contribution in [2.24, 2.45) is 0 Å². The van der Waals surface area contributed by atoms with Gasteiger partial charge in [0, 0.05) is 34.6 Å². The van der Waals surface area contributed by atoms with Gasteiger partial charge in [0.15, 0.2) is 5.82 Å². The third kappa shape index (κ3) is 5.32. The summed E-state index contributed by atoms with van der Waals surface area (Å²) >= 11 is 0. The number of rotatable bonds is 5. The molecule has 0 N–H and O–H groups in total. The molecule has 3 heterocycles. The highest BCUT2D eigenvalue weighted by atomic mass is 16.5. The Hall–Kier alpha value is -6.40. The Bertz CT molecular complexity index is 2710. The van der Waals surface area contributed by atoms with E-state index in [0.717, 1.165) is 95.1 Å². The van der Waals surface area contributed by atoms with Crippen LogP contribution in [0.5, 0.6) is 5.75 Å². The largest absolute Gasteiger partial charge is 0.485 e. The lowest BCUT2D eigenvalue weighted by Gasteiger charge is -2.22. The SMILES string of the molecule is C1=CC(C2=CC(c3cc(C4=CC=C5c6ccccc6OC5C4)nc(-c4ccc5ccc6c(c5c4)-c4nn(-c5ccccc5)nc4CC6)n3)CC=C2)=CCC1. The number of hydrogen-bond acceptors (Lipinski definition) is 5. The van der Waals surface area contributed by atoms with E-state index >= 15 is 0 Å². The second kappa shape index (κ2) is 12.6. The predicted octanol–water partition coefficient (Wildman–Crippen LogP) is 10.5. The first-order valence-electron chi connectivity index (χ1n) is 19.1. The summed E-state index contributed by atoms with van der Waals surface area (Å²) in [5.74, 6) is 1.82. The van der Waals surface area contributed by atoms with Crippen molar-refractivity contribution in [3.63, 3.8) is 0 Å². The van der Waals surface area contributed by atoms with Crippen molar-refractivity contribution in [3.05, 3.63) is 179 Å². The summed E-state index contributed by atoms with van der Waals surface area (Å²) in [5.41, 5.74) is 14.6. The molecule has 2 atom stereocenters. The van der Waals surface area contributed by atoms with Crippen molar-refractivity contribution in [2.45, 2.75) is 50.5 Å². The van der Waals surface area contributed by atoms with Gasteiger partial charge in [-0.25, -0.2) is 9.97 Å². The molecule has 0 saturated carbocycles. The van der Waals surface area contributed by atoms with E-state index in [-0.39, 0.29) is 12.0 Å². The molecule has 54 heavy (non-hydrogen) atoms. The van der Waals surface area contributed by atoms with Gasteiger partial charge in [-0.05, 0) is 95.5 Å². The van der Waals surface area contributed by atoms with Gasteiger partial charge in [-0.2, -0.15) is 9.90 Å². The van der Waals surface area contributed by atoms with Crippen molar-refractivity contribution in [1.82, 2.24) is 25.0 Å². The van der Waals surface area contributed by atoms with Gasteiger partial charge in [-0.15, -0.1) is 5.10 Å². The van der Waals surface area contributed by atoms with Crippen LogP contribution in [0.15, 0.2) is 151 Å². The van der Waals surface area contributed by atoms with E-state index in [1.807, 2.05) is 24.3 Å². The number of aryl methyl sites for hydroxylation is 2. The van der Waals surface area contributed by atoms with Gasteiger partial charge >= 0.3 is 0 Å². The molecule has 4 aromatic carbocycles. The number of para-hydroxylation sites is 2. The fraction of sp³-hybridized carbons (Fsp3) is 0.167. The summed E-state index contributed by atoms with van der Waals surface area (Å²) in [5, 5.41) is 12.4. The molecule has 5 aliphatic rings. The average Bonchev–Trinajstić information content (AvgIpc) is 3.86. The molecule has 0 spiro atoms. The molecule has 260 valence electrons. The molecule has 0 radical (unpaired) electrons. The zero-order valence-electron chi connectivity index (χ0n) is 29.8. The second-order valence-corrected chi connectivity index (χ2v) is 14.8. The summed E-state index contributed by atoms with van der Waals surface area (Å²) in [6, 6.07) is 31.9. The highest BCUT2D eigenvalue weighted by Gasteiger charge is 2.32. The highest BCUT2D eigenvalue weighted by Crippen LogP contribution is 2.44. The molecule has 6 heteroatoms. The van der Waals surface area contributed by atoms with Crippen molar-refractivity contribution >= 4 is 21.9 Å². The van der Waals surface area contributed by atoms with Crippen LogP contribution >= 0.6 is 0 Å². The van der Waals surface area contributed by atoms with Crippen LogP contribution in [0, 0.1) is 0 Å². The molecule has 11 rings (SSSR count). The fourth-order valence-corrected chi connectivity index (χ4v) is 8.67. The zero-order valence-corrected chi connectivity index (χ0v) is 29.8. The summed E-state index contributed by atoms with van der Waals surface area (Å²) in [7, 11) is 0. The number of allylic oxidation sites excluding steroid dienone is 10. The molecular formula is C48H37N5O. The van der Waals surface area contributed by atoms with E-state index in [1.54, 1.807) is 4.80 Å². The number of aromatic nitrogens is 5. The fourth-order valence-electron chi connectivity index (χ4n) is 8.67. The lowest BCUT2D eigenvalue weighted by atomic mass is 9.86. The van der Waals surface area contributed by atoms with E-state index in [1.165, 1.54) is 38.8 Å². The first kappa shape index (κ1) is 31.2. The maximum absolute atomic E-state index is 6.47. The quantitative estimate of drug-likeness (QED) is 0.179. The molecule has 0 saturated heterocycles. The number of nitrogens with zero attached hydrogens (tertiary/aromatic N) is 5. The molecule has 0 fully saturated rings. The van der Waals surface area contributed by atoms with Crippen LogP contribution in [0.25, 0.3) is 50.3 Å². The van der Waals surface area contributed by atoms with E-state index in [4.69, 9.17) is 24.9 Å². The Morgan fingerprint density at radius 2 is 1.65 bits per heavy atom. The Morgan fingerprint density at radius 1 is 0.759 bits per heavy atom. The summed E-state index contributed by atoms with van der Waals surface area (Å²) in [6.45, 7) is 0. The first-order valence-corrected chi connectivity index (χ1v) is 19.1. The molecule has 0 amide bonds. The Morgan fingerprint density at radius 3 is 2.57 bits per heavy atom. The smallest absolute Gasteiger partial charge is 0.160 e. The molecule has 0 bridgehead atoms. The first-order chi connectivity index (χ1) is 26.7. The van der Waals surface area contributed by atoms with Gasteiger partial charge in [-0.1, -0.05) is 109 Å². The minimum atomic E-state index is -0.0240. The minimum absolute atomic E-state index is 0.0240. The third-order valence-corrected chi connectivity index (χ3v) is 11.4. The van der Waals surface area contributed by atoms with Crippen LogP contribution < -0.4 is 4.74 Å². The summed E-state index contributed by atoms with van der Waals surface area (Å²) < 4.78 is 6.47. The normalized spacial score (nSPS) is 19.5. The van der Waals surface area contributed by atoms with Crippen molar-refractivity contribution in [1.29, 1.82) is 0 Å². The van der Waals surface area contributed by atoms with Crippen LogP contribution in [0.3, 0.4) is 0 Å². The maximum Gasteiger partial charge on any atom is 0.160 e. The van der Waals surface area contributed by atoms with Crippen LogP contribution in [0.1, 0.15) is 59.8 Å². The minimum Gasteiger partial charge on any atom is -0.485 e. The van der Waals surface area contributed by atoms with Crippen LogP contribution in [-0.4, -0.2) is 31.1 Å². The van der Waals surface area contributed by atoms with Gasteiger partial charge in [0.25, 0.3) is 0 Å². The number of ether oxygens (including phenoxy) is 1. The van der Waals surface area contributed by atoms with E-state index in [2.05, 4.69) is 115 Å². The van der Waals surface area contributed by atoms with Crippen LogP contribution in [0.4, 0.5) is 0 Å². The molecule has 2 aromatic heterocycles. The van der Waals surface area contributed by atoms with Gasteiger partial charge in [0.1, 0.15) is 17.5 Å². The van der Waals surface area contributed by atoms with Gasteiger partial charge in [0.05, 0.1) is 22.8 Å². The lowest BCUT2D eigenvalue weighted by molar-refractivity contribution is 0.281. The van der Waals surface area contributed by atoms with Crippen LogP contribution in [0.2, 0.25) is 0 Å². The summed E-state index contributed by atoms with van der Waals surface area (Å²) in [6.07, 6.45) is 23.9. The third-order valence-electron chi connectivity index (χ3n) is 11.4. The highest BCUT2D eigenvalue weighted by molar-refractivity contribution is 6.00. The van der Waals surface area contributed by atoms with Crippen molar-refractivity contribution in [3.8, 4) is 34.1 Å². The standard InChI is InChI=1S/C48H37N5O/c1-3-10-30(11-4-1)33-12-9-13-34(26-33)42-29-43(35-22-24-39-38-16-7-8-17-44(38)54-45(39)28-35)50-48(49-42)36-21-19-31-18-20-32-23-25-41-47(46(32)40(31)27-36)52-53(51-41)37-14-5-2-6-15-37/h2-3,5-12,14-22,24,26-27,29,34,45H,1,4,13,23,25,28H2. The van der Waals surface area contributed by atoms with Gasteiger partial charge in [0.2, 0.25) is 0 Å². The molecule has 4 aliphatic carbocycles. The van der Waals surface area contributed by atoms with E-state index in [0.29, 0.717) is 0 Å². The van der Waals surface area contributed by atoms with Gasteiger partial charge in [-0.3, -0.25) is 0 Å². The zero-order chi connectivity index (χ0) is 35.6. The van der Waals surface area contributed by atoms with Crippen LogP contribution in [-0.2, 0) is 12.8 Å². The Balaban J connectivity index is 1.04. The Kier molecular flexibility index (Phi) is 7.29. The predicted molar refractivity (Wildman–Crippen MR) is 215 cm³/mol. The topological polar surface area (TPSA) is 65.7 Å². The molecule has 6 aromatic rings. The van der Waals surface area contributed by atoms with E-state index < -0.39 is 0 Å². The van der Waals surface area contributed by atoms with E-state index in [9.17, 15) is 0 Å². The van der Waals surface area contributed by atoms with Crippen molar-refractivity contribution in [2.75, 3.05) is 0 Å². The number of fused-ring (bicyclic) bond motifs is 8. The molecule has 6 nitrogen and oxygen atoms in total. The number of benzene rings is 4. The lowest BCUT2D eigenvalue weighted by Crippen LogP contribution is -2.16.